The third-order valence-electron chi connectivity index (χ3n) is 5.25. The van der Waals surface area contributed by atoms with Crippen LogP contribution < -0.4 is 4.74 Å². The molecule has 0 bridgehead atoms. The van der Waals surface area contributed by atoms with E-state index in [1.165, 1.54) is 37.1 Å². The standard InChI is InChI=1S/C22H24FN3O6/c1-4-32-21(27)12-18(16-5-6-20(31-3)17(23)11-16)25-8-7-24-13-15(9-14(2)26(29)30)10-19(24)22(25)28/h5-6,9-11,13,18H,4,7-8,12H2,1-3H3/b14-9-/t18-/m0/s1. The SMILES string of the molecule is CCOC(=O)C[C@@H](c1ccc(OC)c(F)c1)N1CCn2cc(/C=C(/C)[N+](=O)[O-])cc2C1=O. The second-order valence-corrected chi connectivity index (χ2v) is 7.31. The molecule has 10 heteroatoms. The molecule has 2 aromatic rings. The zero-order chi connectivity index (χ0) is 23.4. The van der Waals surface area contributed by atoms with E-state index in [1.807, 2.05) is 0 Å². The van der Waals surface area contributed by atoms with Gasteiger partial charge in [0.25, 0.3) is 5.91 Å². The fraction of sp³-hybridized carbons (Fsp3) is 0.364. The summed E-state index contributed by atoms with van der Waals surface area (Å²) in [7, 11) is 1.35. The number of hydrogen-bond donors (Lipinski definition) is 0. The van der Waals surface area contributed by atoms with Crippen molar-refractivity contribution in [2.24, 2.45) is 0 Å². The molecular formula is C22H24FN3O6. The Labute approximate surface area is 184 Å². The predicted octanol–water partition coefficient (Wildman–Crippen LogP) is 3.42. The molecular weight excluding hydrogens is 421 g/mol. The first-order valence-corrected chi connectivity index (χ1v) is 10.1. The fourth-order valence-electron chi connectivity index (χ4n) is 3.71. The summed E-state index contributed by atoms with van der Waals surface area (Å²) in [5.41, 5.74) is 1.25. The lowest BCUT2D eigenvalue weighted by Gasteiger charge is -2.35. The van der Waals surface area contributed by atoms with Gasteiger partial charge in [0.2, 0.25) is 5.70 Å². The molecule has 1 aromatic heterocycles. The molecule has 2 heterocycles. The van der Waals surface area contributed by atoms with Gasteiger partial charge in [-0.15, -0.1) is 0 Å². The Bertz CT molecular complexity index is 1080. The van der Waals surface area contributed by atoms with Crippen molar-refractivity contribution in [2.45, 2.75) is 32.9 Å². The Balaban J connectivity index is 1.96. The second-order valence-electron chi connectivity index (χ2n) is 7.31. The molecule has 0 radical (unpaired) electrons. The average molecular weight is 445 g/mol. The number of halogens is 1. The molecule has 1 amide bonds. The number of allylic oxidation sites excluding steroid dienone is 1. The molecule has 9 nitrogen and oxygen atoms in total. The number of ether oxygens (including phenoxy) is 2. The van der Waals surface area contributed by atoms with E-state index in [1.54, 1.807) is 29.8 Å². The summed E-state index contributed by atoms with van der Waals surface area (Å²) < 4.78 is 26.1. The number of nitro groups is 1. The topological polar surface area (TPSA) is 104 Å². The maximum atomic E-state index is 14.4. The Morgan fingerprint density at radius 2 is 2.09 bits per heavy atom. The minimum atomic E-state index is -0.745. The van der Waals surface area contributed by atoms with Gasteiger partial charge in [0.15, 0.2) is 11.6 Å². The highest BCUT2D eigenvalue weighted by Gasteiger charge is 2.33. The number of fused-ring (bicyclic) bond motifs is 1. The summed E-state index contributed by atoms with van der Waals surface area (Å²) in [6, 6.07) is 5.13. The largest absolute Gasteiger partial charge is 0.494 e. The van der Waals surface area contributed by atoms with Crippen molar-refractivity contribution in [1.82, 2.24) is 9.47 Å². The summed E-state index contributed by atoms with van der Waals surface area (Å²) in [6.07, 6.45) is 2.92. The van der Waals surface area contributed by atoms with Crippen LogP contribution in [0.15, 0.2) is 36.2 Å². The fourth-order valence-corrected chi connectivity index (χ4v) is 3.71. The lowest BCUT2D eigenvalue weighted by Crippen LogP contribution is -2.43. The molecule has 0 saturated heterocycles. The van der Waals surface area contributed by atoms with Crippen LogP contribution in [-0.2, 0) is 16.1 Å². The summed E-state index contributed by atoms with van der Waals surface area (Å²) in [4.78, 5) is 37.5. The van der Waals surface area contributed by atoms with Gasteiger partial charge in [-0.25, -0.2) is 4.39 Å². The van der Waals surface area contributed by atoms with Crippen molar-refractivity contribution in [3.05, 3.63) is 68.9 Å². The van der Waals surface area contributed by atoms with Crippen molar-refractivity contribution >= 4 is 18.0 Å². The van der Waals surface area contributed by atoms with Gasteiger partial charge < -0.3 is 18.9 Å². The third-order valence-corrected chi connectivity index (χ3v) is 5.25. The van der Waals surface area contributed by atoms with Crippen LogP contribution in [0.1, 0.15) is 47.9 Å². The van der Waals surface area contributed by atoms with Gasteiger partial charge in [0.1, 0.15) is 5.69 Å². The normalized spacial score (nSPS) is 14.7. The van der Waals surface area contributed by atoms with Crippen LogP contribution in [-0.4, -0.2) is 46.5 Å². The van der Waals surface area contributed by atoms with E-state index >= 15 is 0 Å². The van der Waals surface area contributed by atoms with E-state index in [0.29, 0.717) is 23.4 Å². The smallest absolute Gasteiger partial charge is 0.308 e. The van der Waals surface area contributed by atoms with E-state index in [4.69, 9.17) is 9.47 Å². The van der Waals surface area contributed by atoms with E-state index in [9.17, 15) is 24.1 Å². The summed E-state index contributed by atoms with van der Waals surface area (Å²) in [6.45, 7) is 3.93. The highest BCUT2D eigenvalue weighted by molar-refractivity contribution is 5.94. The maximum absolute atomic E-state index is 14.4. The Morgan fingerprint density at radius 1 is 1.34 bits per heavy atom. The summed E-state index contributed by atoms with van der Waals surface area (Å²) >= 11 is 0. The molecule has 3 rings (SSSR count). The Hall–Kier alpha value is -3.69. The number of amides is 1. The number of esters is 1. The average Bonchev–Trinajstić information content (AvgIpc) is 3.16. The molecule has 1 aliphatic heterocycles. The number of hydrogen-bond acceptors (Lipinski definition) is 6. The van der Waals surface area contributed by atoms with Crippen LogP contribution >= 0.6 is 0 Å². The molecule has 1 atom stereocenters. The van der Waals surface area contributed by atoms with Gasteiger partial charge in [-0.2, -0.15) is 0 Å². The van der Waals surface area contributed by atoms with Crippen molar-refractivity contribution in [2.75, 3.05) is 20.3 Å². The van der Waals surface area contributed by atoms with Crippen LogP contribution in [0.2, 0.25) is 0 Å². The zero-order valence-electron chi connectivity index (χ0n) is 18.0. The minimum absolute atomic E-state index is 0.0499. The zero-order valence-corrected chi connectivity index (χ0v) is 18.0. The Morgan fingerprint density at radius 3 is 2.72 bits per heavy atom. The van der Waals surface area contributed by atoms with Crippen LogP contribution in [0.5, 0.6) is 5.75 Å². The minimum Gasteiger partial charge on any atom is -0.494 e. The number of nitrogens with zero attached hydrogens (tertiary/aromatic N) is 3. The maximum Gasteiger partial charge on any atom is 0.308 e. The molecule has 0 aliphatic carbocycles. The number of methoxy groups -OCH3 is 1. The van der Waals surface area contributed by atoms with E-state index in [2.05, 4.69) is 0 Å². The first-order valence-electron chi connectivity index (χ1n) is 10.1. The lowest BCUT2D eigenvalue weighted by molar-refractivity contribution is -0.422. The molecule has 32 heavy (non-hydrogen) atoms. The van der Waals surface area contributed by atoms with E-state index in [-0.39, 0.29) is 36.9 Å². The number of benzene rings is 1. The molecule has 0 saturated carbocycles. The molecule has 1 aliphatic rings. The molecule has 1 aromatic carbocycles. The van der Waals surface area contributed by atoms with Crippen molar-refractivity contribution < 1.29 is 28.4 Å². The van der Waals surface area contributed by atoms with Crippen molar-refractivity contribution in [1.29, 1.82) is 0 Å². The van der Waals surface area contributed by atoms with Crippen LogP contribution in [0.25, 0.3) is 6.08 Å². The number of carbonyl (C=O) groups excluding carboxylic acids is 2. The van der Waals surface area contributed by atoms with Gasteiger partial charge >= 0.3 is 5.97 Å². The summed E-state index contributed by atoms with van der Waals surface area (Å²) in [5, 5.41) is 10.9. The predicted molar refractivity (Wildman–Crippen MR) is 113 cm³/mol. The van der Waals surface area contributed by atoms with E-state index < -0.39 is 22.8 Å². The monoisotopic (exact) mass is 445 g/mol. The highest BCUT2D eigenvalue weighted by atomic mass is 19.1. The molecule has 0 unspecified atom stereocenters. The molecule has 0 spiro atoms. The van der Waals surface area contributed by atoms with Crippen LogP contribution in [0, 0.1) is 15.9 Å². The van der Waals surface area contributed by atoms with Gasteiger partial charge in [-0.1, -0.05) is 6.07 Å². The van der Waals surface area contributed by atoms with Gasteiger partial charge in [-0.3, -0.25) is 19.7 Å². The van der Waals surface area contributed by atoms with Gasteiger partial charge in [0, 0.05) is 32.3 Å². The van der Waals surface area contributed by atoms with Crippen molar-refractivity contribution in [3.63, 3.8) is 0 Å². The first kappa shape index (κ1) is 23.0. The number of rotatable bonds is 8. The van der Waals surface area contributed by atoms with Crippen LogP contribution in [0.3, 0.4) is 0 Å². The second kappa shape index (κ2) is 9.63. The summed E-state index contributed by atoms with van der Waals surface area (Å²) in [5.74, 6) is -1.41. The molecule has 0 N–H and O–H groups in total. The Kier molecular flexibility index (Phi) is 6.92. The van der Waals surface area contributed by atoms with Gasteiger partial charge in [0.05, 0.1) is 31.1 Å². The quantitative estimate of drug-likeness (QED) is 0.350. The molecule has 170 valence electrons. The van der Waals surface area contributed by atoms with Gasteiger partial charge in [-0.05, 0) is 36.2 Å². The van der Waals surface area contributed by atoms with E-state index in [0.717, 1.165) is 0 Å². The third kappa shape index (κ3) is 4.79. The highest BCUT2D eigenvalue weighted by Crippen LogP contribution is 2.32. The first-order chi connectivity index (χ1) is 15.2. The van der Waals surface area contributed by atoms with Crippen molar-refractivity contribution in [3.8, 4) is 5.75 Å². The number of carbonyl (C=O) groups is 2. The molecule has 0 fully saturated rings. The number of aromatic nitrogens is 1. The van der Waals surface area contributed by atoms with Crippen LogP contribution in [0.4, 0.5) is 4.39 Å². The lowest BCUT2D eigenvalue weighted by atomic mass is 10.00.